The first kappa shape index (κ1) is 29.2. The van der Waals surface area contributed by atoms with E-state index in [0.717, 1.165) is 17.7 Å². The second kappa shape index (κ2) is 10.4. The van der Waals surface area contributed by atoms with Crippen molar-refractivity contribution in [3.63, 3.8) is 0 Å². The second-order valence-corrected chi connectivity index (χ2v) is 12.1. The number of carbonyl (C=O) groups is 2. The van der Waals surface area contributed by atoms with Crippen LogP contribution < -0.4 is 10.6 Å². The molecule has 8 rings (SSSR count). The minimum absolute atomic E-state index is 0.0712. The molecule has 0 radical (unpaired) electrons. The average molecular weight is 652 g/mol. The summed E-state index contributed by atoms with van der Waals surface area (Å²) in [6.45, 7) is -0.519. The Labute approximate surface area is 261 Å². The zero-order chi connectivity index (χ0) is 32.8. The first-order valence-electron chi connectivity index (χ1n) is 14.7. The van der Waals surface area contributed by atoms with Gasteiger partial charge in [0.15, 0.2) is 0 Å². The Morgan fingerprint density at radius 2 is 1.85 bits per heavy atom. The van der Waals surface area contributed by atoms with Crippen LogP contribution in [0.3, 0.4) is 0 Å². The molecule has 2 aromatic carbocycles. The van der Waals surface area contributed by atoms with Gasteiger partial charge in [0.1, 0.15) is 35.1 Å². The Hall–Kier alpha value is -5.21. The number of nitrogens with one attached hydrogen (secondary N) is 3. The van der Waals surface area contributed by atoms with Gasteiger partial charge >= 0.3 is 0 Å². The number of nitrogens with zero attached hydrogens (tertiary/aromatic N) is 4. The summed E-state index contributed by atoms with van der Waals surface area (Å²) in [5, 5.41) is 16.1. The SMILES string of the molecule is O=C(Cn1nc(C(F)F)c2c1C(F)(F)[C@@H]1C[C@H]21)N[C@@H](Cc1cc(F)cc(F)c1)c1nc2cn[nH]c2cc1-c1ccc2c(c1)CNC2=O. The summed E-state index contributed by atoms with van der Waals surface area (Å²) in [4.78, 5) is 30.5. The fourth-order valence-corrected chi connectivity index (χ4v) is 6.92. The van der Waals surface area contributed by atoms with E-state index in [1.54, 1.807) is 24.3 Å². The van der Waals surface area contributed by atoms with E-state index in [-0.39, 0.29) is 35.6 Å². The van der Waals surface area contributed by atoms with E-state index < -0.39 is 65.7 Å². The maximum Gasteiger partial charge on any atom is 0.293 e. The van der Waals surface area contributed by atoms with Gasteiger partial charge in [-0.3, -0.25) is 19.4 Å². The van der Waals surface area contributed by atoms with Crippen LogP contribution in [0.4, 0.5) is 26.3 Å². The van der Waals surface area contributed by atoms with Crippen LogP contribution in [0.25, 0.3) is 22.2 Å². The molecule has 1 fully saturated rings. The van der Waals surface area contributed by atoms with Gasteiger partial charge in [0.05, 0.1) is 23.4 Å². The highest BCUT2D eigenvalue weighted by atomic mass is 19.3. The highest BCUT2D eigenvalue weighted by Gasteiger charge is 2.67. The fraction of sp³-hybridized carbons (Fsp3) is 0.281. The van der Waals surface area contributed by atoms with E-state index in [4.69, 9.17) is 4.98 Å². The van der Waals surface area contributed by atoms with Crippen molar-refractivity contribution in [3.8, 4) is 11.1 Å². The number of H-pyrrole nitrogens is 1. The molecule has 5 aromatic rings. The van der Waals surface area contributed by atoms with Crippen LogP contribution >= 0.6 is 0 Å². The number of rotatable bonds is 8. The predicted octanol–water partition coefficient (Wildman–Crippen LogP) is 5.59. The van der Waals surface area contributed by atoms with E-state index in [0.29, 0.717) is 45.0 Å². The molecule has 0 spiro atoms. The molecule has 1 aliphatic heterocycles. The van der Waals surface area contributed by atoms with E-state index in [1.165, 1.54) is 6.20 Å². The third-order valence-electron chi connectivity index (χ3n) is 9.04. The monoisotopic (exact) mass is 651 g/mol. The molecule has 47 heavy (non-hydrogen) atoms. The normalized spacial score (nSPS) is 19.4. The molecule has 3 N–H and O–H groups in total. The highest BCUT2D eigenvalue weighted by Crippen LogP contribution is 2.68. The Morgan fingerprint density at radius 3 is 2.62 bits per heavy atom. The number of hydrogen-bond donors (Lipinski definition) is 3. The molecule has 240 valence electrons. The highest BCUT2D eigenvalue weighted by molar-refractivity contribution is 5.99. The lowest BCUT2D eigenvalue weighted by Gasteiger charge is -2.23. The summed E-state index contributed by atoms with van der Waals surface area (Å²) in [6, 6.07) is 8.62. The number of benzene rings is 2. The maximum atomic E-state index is 15.2. The Balaban J connectivity index is 1.20. The van der Waals surface area contributed by atoms with Crippen molar-refractivity contribution in [2.45, 2.75) is 50.2 Å². The molecule has 0 unspecified atom stereocenters. The lowest BCUT2D eigenvalue weighted by molar-refractivity contribution is -0.123. The molecule has 2 amide bonds. The minimum atomic E-state index is -3.43. The molecule has 3 atom stereocenters. The van der Waals surface area contributed by atoms with Gasteiger partial charge < -0.3 is 10.6 Å². The van der Waals surface area contributed by atoms with Crippen LogP contribution in [0, 0.1) is 17.6 Å². The first-order valence-corrected chi connectivity index (χ1v) is 14.7. The van der Waals surface area contributed by atoms with Gasteiger partial charge in [0, 0.05) is 35.2 Å². The lowest BCUT2D eigenvalue weighted by atomic mass is 9.93. The summed E-state index contributed by atoms with van der Waals surface area (Å²) in [5.41, 5.74) is 2.00. The summed E-state index contributed by atoms with van der Waals surface area (Å²) < 4.78 is 87.2. The van der Waals surface area contributed by atoms with E-state index in [9.17, 15) is 27.2 Å². The molecule has 3 aliphatic rings. The number of amides is 2. The number of hydrogen-bond acceptors (Lipinski definition) is 5. The third-order valence-corrected chi connectivity index (χ3v) is 9.04. The second-order valence-electron chi connectivity index (χ2n) is 12.1. The van der Waals surface area contributed by atoms with Crippen molar-refractivity contribution >= 4 is 22.8 Å². The molecule has 0 bridgehead atoms. The van der Waals surface area contributed by atoms with Gasteiger partial charge in [-0.25, -0.2) is 22.5 Å². The van der Waals surface area contributed by atoms with Gasteiger partial charge in [0.2, 0.25) is 5.91 Å². The molecule has 3 aromatic heterocycles. The lowest BCUT2D eigenvalue weighted by Crippen LogP contribution is -2.35. The number of pyridine rings is 1. The van der Waals surface area contributed by atoms with E-state index in [2.05, 4.69) is 25.9 Å². The van der Waals surface area contributed by atoms with E-state index >= 15 is 8.78 Å². The van der Waals surface area contributed by atoms with Crippen LogP contribution in [-0.2, 0) is 30.2 Å². The first-order chi connectivity index (χ1) is 22.5. The topological polar surface area (TPSA) is 118 Å². The molecule has 4 heterocycles. The van der Waals surface area contributed by atoms with Crippen molar-refractivity contribution in [2.75, 3.05) is 0 Å². The average Bonchev–Trinajstić information content (AvgIpc) is 3.25. The predicted molar refractivity (Wildman–Crippen MR) is 153 cm³/mol. The zero-order valence-electron chi connectivity index (χ0n) is 24.1. The van der Waals surface area contributed by atoms with Crippen LogP contribution in [0.15, 0.2) is 48.7 Å². The summed E-state index contributed by atoms with van der Waals surface area (Å²) in [5.74, 6) is -8.07. The Morgan fingerprint density at radius 1 is 1.06 bits per heavy atom. The van der Waals surface area contributed by atoms with Crippen molar-refractivity contribution in [1.29, 1.82) is 0 Å². The van der Waals surface area contributed by atoms with Crippen molar-refractivity contribution in [1.82, 2.24) is 35.6 Å². The van der Waals surface area contributed by atoms with Crippen molar-refractivity contribution in [2.24, 2.45) is 5.92 Å². The van der Waals surface area contributed by atoms with Crippen molar-refractivity contribution in [3.05, 3.63) is 99.6 Å². The largest absolute Gasteiger partial charge is 0.348 e. The molecular formula is C32H23F6N7O2. The van der Waals surface area contributed by atoms with Gasteiger partial charge in [0.25, 0.3) is 18.3 Å². The number of alkyl halides is 4. The van der Waals surface area contributed by atoms with E-state index in [1.807, 2.05) is 0 Å². The number of fused-ring (bicyclic) bond motifs is 5. The Kier molecular flexibility index (Phi) is 6.47. The standard InChI is InChI=1S/C32H23F6N7O2/c33-16-3-13(4-17(34)7-16)5-23(41-25(46)12-45-29-26(28(44-45)30(35)36)20-8-21(20)32(29,37)38)27-19(9-22-24(42-27)11-40-43-22)14-1-2-18-15(6-14)10-39-31(18)47/h1-4,6-7,9,11,20-21,23,30H,5,8,10,12H2,(H,39,47)(H,40,43)(H,41,46)/t20-,21+,23-/m0/s1. The zero-order valence-corrected chi connectivity index (χ0v) is 24.1. The van der Waals surface area contributed by atoms with Gasteiger partial charge in [-0.1, -0.05) is 6.07 Å². The third kappa shape index (κ3) is 4.82. The van der Waals surface area contributed by atoms with Crippen molar-refractivity contribution < 1.29 is 35.9 Å². The molecular weight excluding hydrogens is 628 g/mol. The van der Waals surface area contributed by atoms with Crippen LogP contribution in [0.1, 0.15) is 68.9 Å². The smallest absolute Gasteiger partial charge is 0.293 e. The minimum Gasteiger partial charge on any atom is -0.348 e. The quantitative estimate of drug-likeness (QED) is 0.189. The van der Waals surface area contributed by atoms with Gasteiger partial charge in [-0.2, -0.15) is 19.0 Å². The number of halogens is 6. The fourth-order valence-electron chi connectivity index (χ4n) is 6.92. The van der Waals surface area contributed by atoms with Crippen LogP contribution in [0.5, 0.6) is 0 Å². The maximum absolute atomic E-state index is 15.2. The van der Waals surface area contributed by atoms with Crippen LogP contribution in [0.2, 0.25) is 0 Å². The summed E-state index contributed by atoms with van der Waals surface area (Å²) in [7, 11) is 0. The molecule has 1 saturated carbocycles. The number of aromatic amines is 1. The molecule has 2 aliphatic carbocycles. The molecule has 0 saturated heterocycles. The van der Waals surface area contributed by atoms with Gasteiger partial charge in [-0.05, 0) is 65.8 Å². The van der Waals surface area contributed by atoms with Gasteiger partial charge in [-0.15, -0.1) is 0 Å². The van der Waals surface area contributed by atoms with Crippen LogP contribution in [-0.4, -0.2) is 36.8 Å². The number of aromatic nitrogens is 5. The summed E-state index contributed by atoms with van der Waals surface area (Å²) in [6.07, 6.45) is -1.78. The molecule has 9 nitrogen and oxygen atoms in total. The Bertz CT molecular complexity index is 2110. The summed E-state index contributed by atoms with van der Waals surface area (Å²) >= 11 is 0. The molecule has 15 heteroatoms. The number of carbonyl (C=O) groups excluding carboxylic acids is 2.